The first kappa shape index (κ1) is 21.5. The van der Waals surface area contributed by atoms with Gasteiger partial charge in [-0.1, -0.05) is 6.07 Å². The number of amides is 1. The Hall–Kier alpha value is -2.85. The van der Waals surface area contributed by atoms with Crippen LogP contribution in [0.5, 0.6) is 0 Å². The molecule has 7 nitrogen and oxygen atoms in total. The van der Waals surface area contributed by atoms with Gasteiger partial charge in [0, 0.05) is 11.8 Å². The first-order chi connectivity index (χ1) is 13.1. The Morgan fingerprint density at radius 2 is 1.71 bits per heavy atom. The molecule has 2 rings (SSSR count). The van der Waals surface area contributed by atoms with E-state index in [9.17, 15) is 26.8 Å². The van der Waals surface area contributed by atoms with Crippen LogP contribution in [0, 0.1) is 25.5 Å². The SMILES string of the molecule is Cc1ccc(S(=O)(=O)NCC(=O)OCC(=O)Nc2ccc(F)c(F)c2)cc1C. The van der Waals surface area contributed by atoms with E-state index >= 15 is 0 Å². The topological polar surface area (TPSA) is 102 Å². The van der Waals surface area contributed by atoms with Crippen LogP contribution in [0.1, 0.15) is 11.1 Å². The molecule has 0 aliphatic carbocycles. The van der Waals surface area contributed by atoms with Gasteiger partial charge in [-0.15, -0.1) is 0 Å². The van der Waals surface area contributed by atoms with Crippen molar-refractivity contribution in [3.63, 3.8) is 0 Å². The molecule has 0 spiro atoms. The first-order valence-corrected chi connectivity index (χ1v) is 9.54. The van der Waals surface area contributed by atoms with Crippen LogP contribution < -0.4 is 10.0 Å². The fourth-order valence-corrected chi connectivity index (χ4v) is 3.14. The Kier molecular flexibility index (Phi) is 6.81. The molecule has 2 N–H and O–H groups in total. The molecule has 0 heterocycles. The Morgan fingerprint density at radius 3 is 2.36 bits per heavy atom. The lowest BCUT2D eigenvalue weighted by Gasteiger charge is -2.09. The highest BCUT2D eigenvalue weighted by molar-refractivity contribution is 7.89. The summed E-state index contributed by atoms with van der Waals surface area (Å²) >= 11 is 0. The first-order valence-electron chi connectivity index (χ1n) is 8.06. The fraction of sp³-hybridized carbons (Fsp3) is 0.222. The van der Waals surface area contributed by atoms with Crippen molar-refractivity contribution < 1.29 is 31.5 Å². The van der Waals surface area contributed by atoms with Gasteiger partial charge in [0.1, 0.15) is 6.54 Å². The number of anilines is 1. The lowest BCUT2D eigenvalue weighted by molar-refractivity contribution is -0.146. The average Bonchev–Trinajstić information content (AvgIpc) is 2.63. The van der Waals surface area contributed by atoms with Gasteiger partial charge in [0.2, 0.25) is 10.0 Å². The predicted octanol–water partition coefficient (Wildman–Crippen LogP) is 2.04. The summed E-state index contributed by atoms with van der Waals surface area (Å²) in [6.07, 6.45) is 0. The molecular formula is C18H18F2N2O5S. The number of rotatable bonds is 7. The Balaban J connectivity index is 1.83. The normalized spacial score (nSPS) is 11.1. The summed E-state index contributed by atoms with van der Waals surface area (Å²) in [4.78, 5) is 23.3. The number of halogens is 2. The fourth-order valence-electron chi connectivity index (χ4n) is 2.09. The van der Waals surface area contributed by atoms with Crippen LogP contribution >= 0.6 is 0 Å². The largest absolute Gasteiger partial charge is 0.455 e. The number of carbonyl (C=O) groups excluding carboxylic acids is 2. The zero-order chi connectivity index (χ0) is 20.9. The van der Waals surface area contributed by atoms with Gasteiger partial charge in [0.05, 0.1) is 4.90 Å². The zero-order valence-electron chi connectivity index (χ0n) is 15.1. The molecule has 0 saturated heterocycles. The minimum absolute atomic E-state index is 0.000482. The summed E-state index contributed by atoms with van der Waals surface area (Å²) in [7, 11) is -3.92. The van der Waals surface area contributed by atoms with Crippen molar-refractivity contribution in [2.45, 2.75) is 18.7 Å². The van der Waals surface area contributed by atoms with Crippen molar-refractivity contribution in [1.82, 2.24) is 4.72 Å². The molecule has 0 unspecified atom stereocenters. The Bertz CT molecular complexity index is 1010. The summed E-state index contributed by atoms with van der Waals surface area (Å²) in [6, 6.07) is 7.26. The third kappa shape index (κ3) is 5.83. The lowest BCUT2D eigenvalue weighted by Crippen LogP contribution is -2.32. The van der Waals surface area contributed by atoms with E-state index in [1.807, 2.05) is 6.92 Å². The van der Waals surface area contributed by atoms with E-state index < -0.39 is 46.7 Å². The summed E-state index contributed by atoms with van der Waals surface area (Å²) in [5.74, 6) is -3.99. The van der Waals surface area contributed by atoms with Crippen LogP contribution in [0.4, 0.5) is 14.5 Å². The number of esters is 1. The van der Waals surface area contributed by atoms with E-state index in [2.05, 4.69) is 14.8 Å². The molecule has 28 heavy (non-hydrogen) atoms. The highest BCUT2D eigenvalue weighted by atomic mass is 32.2. The highest BCUT2D eigenvalue weighted by Crippen LogP contribution is 2.14. The van der Waals surface area contributed by atoms with Crippen molar-refractivity contribution in [2.24, 2.45) is 0 Å². The molecular weight excluding hydrogens is 394 g/mol. The number of benzene rings is 2. The van der Waals surface area contributed by atoms with Crippen molar-refractivity contribution in [3.8, 4) is 0 Å². The van der Waals surface area contributed by atoms with E-state index in [1.165, 1.54) is 12.1 Å². The van der Waals surface area contributed by atoms with Gasteiger partial charge in [-0.3, -0.25) is 9.59 Å². The van der Waals surface area contributed by atoms with E-state index in [4.69, 9.17) is 0 Å². The van der Waals surface area contributed by atoms with Crippen LogP contribution in [0.15, 0.2) is 41.3 Å². The van der Waals surface area contributed by atoms with E-state index in [-0.39, 0.29) is 10.6 Å². The Labute approximate surface area is 160 Å². The van der Waals surface area contributed by atoms with Gasteiger partial charge in [-0.25, -0.2) is 17.2 Å². The molecule has 0 fully saturated rings. The maximum Gasteiger partial charge on any atom is 0.321 e. The molecule has 0 radical (unpaired) electrons. The predicted molar refractivity (Wildman–Crippen MR) is 97.1 cm³/mol. The maximum absolute atomic E-state index is 13.1. The van der Waals surface area contributed by atoms with Crippen molar-refractivity contribution in [2.75, 3.05) is 18.5 Å². The van der Waals surface area contributed by atoms with Gasteiger partial charge in [0.15, 0.2) is 18.2 Å². The number of ether oxygens (including phenoxy) is 1. The molecule has 2 aromatic rings. The van der Waals surface area contributed by atoms with Crippen LogP contribution in [-0.2, 0) is 24.3 Å². The second-order valence-electron chi connectivity index (χ2n) is 5.91. The lowest BCUT2D eigenvalue weighted by atomic mass is 10.1. The quantitative estimate of drug-likeness (QED) is 0.678. The minimum Gasteiger partial charge on any atom is -0.455 e. The molecule has 0 saturated carbocycles. The van der Waals surface area contributed by atoms with E-state index in [1.54, 1.807) is 13.0 Å². The van der Waals surface area contributed by atoms with Crippen LogP contribution in [0.3, 0.4) is 0 Å². The summed E-state index contributed by atoms with van der Waals surface area (Å²) in [5.41, 5.74) is 1.68. The number of hydrogen-bond donors (Lipinski definition) is 2. The van der Waals surface area contributed by atoms with Crippen molar-refractivity contribution >= 4 is 27.6 Å². The van der Waals surface area contributed by atoms with Crippen LogP contribution in [0.25, 0.3) is 0 Å². The van der Waals surface area contributed by atoms with Gasteiger partial charge >= 0.3 is 5.97 Å². The third-order valence-corrected chi connectivity index (χ3v) is 5.16. The number of nitrogens with one attached hydrogen (secondary N) is 2. The monoisotopic (exact) mass is 412 g/mol. The number of aryl methyl sites for hydroxylation is 2. The summed E-state index contributed by atoms with van der Waals surface area (Å²) in [6.45, 7) is 2.20. The molecule has 0 bridgehead atoms. The summed E-state index contributed by atoms with van der Waals surface area (Å²) in [5, 5.41) is 2.21. The maximum atomic E-state index is 13.1. The van der Waals surface area contributed by atoms with Gasteiger partial charge in [-0.05, 0) is 49.2 Å². The number of carbonyl (C=O) groups is 2. The molecule has 0 atom stereocenters. The van der Waals surface area contributed by atoms with Crippen LogP contribution in [0.2, 0.25) is 0 Å². The Morgan fingerprint density at radius 1 is 1.00 bits per heavy atom. The molecule has 2 aromatic carbocycles. The van der Waals surface area contributed by atoms with E-state index in [0.29, 0.717) is 0 Å². The van der Waals surface area contributed by atoms with E-state index in [0.717, 1.165) is 29.3 Å². The molecule has 150 valence electrons. The molecule has 0 aliphatic heterocycles. The second kappa shape index (κ2) is 8.89. The van der Waals surface area contributed by atoms with Crippen molar-refractivity contribution in [3.05, 3.63) is 59.2 Å². The minimum atomic E-state index is -3.92. The van der Waals surface area contributed by atoms with Gasteiger partial charge in [0.25, 0.3) is 5.91 Å². The third-order valence-electron chi connectivity index (χ3n) is 3.76. The number of sulfonamides is 1. The smallest absolute Gasteiger partial charge is 0.321 e. The number of hydrogen-bond acceptors (Lipinski definition) is 5. The molecule has 1 amide bonds. The average molecular weight is 412 g/mol. The molecule has 0 aromatic heterocycles. The van der Waals surface area contributed by atoms with Crippen LogP contribution in [-0.4, -0.2) is 33.4 Å². The van der Waals surface area contributed by atoms with Crippen molar-refractivity contribution in [1.29, 1.82) is 0 Å². The highest BCUT2D eigenvalue weighted by Gasteiger charge is 2.17. The molecule has 10 heteroatoms. The zero-order valence-corrected chi connectivity index (χ0v) is 15.9. The second-order valence-corrected chi connectivity index (χ2v) is 7.68. The summed E-state index contributed by atoms with van der Waals surface area (Å²) < 4.78 is 57.0. The standard InChI is InChI=1S/C18H18F2N2O5S/c1-11-3-5-14(7-12(11)2)28(25,26)21-9-18(24)27-10-17(23)22-13-4-6-15(19)16(20)8-13/h3-8,21H,9-10H2,1-2H3,(H,22,23). The molecule has 0 aliphatic rings. The van der Waals surface area contributed by atoms with Gasteiger partial charge < -0.3 is 10.1 Å². The van der Waals surface area contributed by atoms with Gasteiger partial charge in [-0.2, -0.15) is 4.72 Å².